The summed E-state index contributed by atoms with van der Waals surface area (Å²) in [7, 11) is 4.75. The molecule has 0 aliphatic heterocycles. The Balaban J connectivity index is 2.10. The monoisotopic (exact) mass is 408 g/mol. The minimum absolute atomic E-state index is 0.339. The Bertz CT molecular complexity index is 1050. The van der Waals surface area contributed by atoms with E-state index in [-0.39, 0.29) is 0 Å². The summed E-state index contributed by atoms with van der Waals surface area (Å²) in [5, 5.41) is 13.6. The second kappa shape index (κ2) is 9.17. The van der Waals surface area contributed by atoms with Crippen molar-refractivity contribution in [1.29, 1.82) is 5.26 Å². The lowest BCUT2D eigenvalue weighted by atomic mass is 10.1. The molecule has 148 valence electrons. The maximum absolute atomic E-state index is 9.86. The Morgan fingerprint density at radius 1 is 0.931 bits per heavy atom. The summed E-state index contributed by atoms with van der Waals surface area (Å²) in [5.41, 5.74) is 2.37. The first kappa shape index (κ1) is 20.3. The van der Waals surface area contributed by atoms with Gasteiger partial charge in [0.2, 0.25) is 0 Å². The molecule has 0 fully saturated rings. The molecular formula is C21H20N4O3S. The number of aromatic nitrogens is 2. The molecule has 0 bridgehead atoms. The van der Waals surface area contributed by atoms with Crippen LogP contribution >= 0.6 is 11.8 Å². The number of anilines is 2. The van der Waals surface area contributed by atoms with E-state index in [0.29, 0.717) is 33.7 Å². The second-order valence-electron chi connectivity index (χ2n) is 5.82. The number of benzene rings is 2. The molecule has 0 saturated carbocycles. The number of nitriles is 1. The highest BCUT2D eigenvalue weighted by Gasteiger charge is 2.18. The lowest BCUT2D eigenvalue weighted by molar-refractivity contribution is 0.355. The molecule has 1 heterocycles. The molecule has 0 aliphatic rings. The highest BCUT2D eigenvalue weighted by molar-refractivity contribution is 7.98. The molecule has 3 aromatic rings. The molecule has 7 nitrogen and oxygen atoms in total. The number of ether oxygens (including phenoxy) is 3. The van der Waals surface area contributed by atoms with Crippen molar-refractivity contribution in [3.8, 4) is 34.6 Å². The number of rotatable bonds is 7. The molecule has 1 N–H and O–H groups in total. The van der Waals surface area contributed by atoms with E-state index in [1.807, 2.05) is 36.6 Å². The second-order valence-corrected chi connectivity index (χ2v) is 6.59. The highest BCUT2D eigenvalue weighted by Crippen LogP contribution is 2.35. The predicted molar refractivity (Wildman–Crippen MR) is 113 cm³/mol. The fraction of sp³-hybridized carbons (Fsp3) is 0.190. The van der Waals surface area contributed by atoms with Crippen molar-refractivity contribution in [1.82, 2.24) is 9.97 Å². The fourth-order valence-corrected chi connectivity index (χ4v) is 3.10. The third kappa shape index (κ3) is 4.36. The van der Waals surface area contributed by atoms with Gasteiger partial charge in [-0.3, -0.25) is 0 Å². The maximum Gasteiger partial charge on any atom is 0.189 e. The molecule has 2 aromatic carbocycles. The molecule has 0 amide bonds. The number of nitrogens with zero attached hydrogens (tertiary/aromatic N) is 3. The van der Waals surface area contributed by atoms with Crippen LogP contribution in [-0.2, 0) is 0 Å². The Kier molecular flexibility index (Phi) is 6.42. The van der Waals surface area contributed by atoms with Crippen LogP contribution in [0.15, 0.2) is 47.6 Å². The molecule has 0 spiro atoms. The molecule has 0 radical (unpaired) electrons. The van der Waals surface area contributed by atoms with Crippen molar-refractivity contribution < 1.29 is 14.2 Å². The van der Waals surface area contributed by atoms with Gasteiger partial charge in [-0.15, -0.1) is 0 Å². The zero-order chi connectivity index (χ0) is 20.8. The minimum atomic E-state index is 0.339. The minimum Gasteiger partial charge on any atom is -0.497 e. The summed E-state index contributed by atoms with van der Waals surface area (Å²) >= 11 is 1.40. The van der Waals surface area contributed by atoms with E-state index in [1.54, 1.807) is 33.5 Å². The number of hydrogen-bond acceptors (Lipinski definition) is 8. The molecule has 29 heavy (non-hydrogen) atoms. The van der Waals surface area contributed by atoms with Gasteiger partial charge in [0.25, 0.3) is 0 Å². The van der Waals surface area contributed by atoms with Crippen LogP contribution in [0.4, 0.5) is 11.5 Å². The summed E-state index contributed by atoms with van der Waals surface area (Å²) in [4.78, 5) is 9.06. The van der Waals surface area contributed by atoms with Gasteiger partial charge in [0.15, 0.2) is 22.5 Å². The Labute approximate surface area is 173 Å². The van der Waals surface area contributed by atoms with Gasteiger partial charge in [0, 0.05) is 11.3 Å². The van der Waals surface area contributed by atoms with E-state index in [9.17, 15) is 5.26 Å². The first-order valence-electron chi connectivity index (χ1n) is 8.63. The van der Waals surface area contributed by atoms with Crippen LogP contribution in [-0.4, -0.2) is 37.6 Å². The van der Waals surface area contributed by atoms with Crippen molar-refractivity contribution in [3.63, 3.8) is 0 Å². The van der Waals surface area contributed by atoms with Crippen LogP contribution < -0.4 is 19.5 Å². The Hall–Kier alpha value is -3.44. The summed E-state index contributed by atoms with van der Waals surface area (Å²) in [5.74, 6) is 2.34. The third-order valence-corrected chi connectivity index (χ3v) is 4.74. The largest absolute Gasteiger partial charge is 0.497 e. The van der Waals surface area contributed by atoms with Gasteiger partial charge < -0.3 is 19.5 Å². The van der Waals surface area contributed by atoms with Gasteiger partial charge in [-0.1, -0.05) is 11.8 Å². The number of nitrogens with one attached hydrogen (secondary N) is 1. The van der Waals surface area contributed by atoms with Gasteiger partial charge in [-0.05, 0) is 48.7 Å². The predicted octanol–water partition coefficient (Wildman–Crippen LogP) is 4.51. The summed E-state index contributed by atoms with van der Waals surface area (Å²) in [6, 6.07) is 15.0. The third-order valence-electron chi connectivity index (χ3n) is 4.19. The Morgan fingerprint density at radius 3 is 2.24 bits per heavy atom. The normalized spacial score (nSPS) is 10.2. The van der Waals surface area contributed by atoms with Crippen LogP contribution in [0.5, 0.6) is 17.2 Å². The van der Waals surface area contributed by atoms with Gasteiger partial charge in [0.1, 0.15) is 17.4 Å². The molecule has 0 atom stereocenters. The van der Waals surface area contributed by atoms with Gasteiger partial charge >= 0.3 is 0 Å². The first-order valence-corrected chi connectivity index (χ1v) is 9.85. The van der Waals surface area contributed by atoms with Gasteiger partial charge in [-0.2, -0.15) is 5.26 Å². The summed E-state index contributed by atoms with van der Waals surface area (Å²) in [6.45, 7) is 0. The van der Waals surface area contributed by atoms with E-state index in [0.717, 1.165) is 17.0 Å². The van der Waals surface area contributed by atoms with Gasteiger partial charge in [-0.25, -0.2) is 9.97 Å². The van der Waals surface area contributed by atoms with Crippen LogP contribution in [0.2, 0.25) is 0 Å². The van der Waals surface area contributed by atoms with E-state index in [4.69, 9.17) is 14.2 Å². The molecular weight excluding hydrogens is 388 g/mol. The average molecular weight is 408 g/mol. The van der Waals surface area contributed by atoms with Crippen LogP contribution in [0.3, 0.4) is 0 Å². The Morgan fingerprint density at radius 2 is 1.66 bits per heavy atom. The number of methoxy groups -OCH3 is 3. The topological polar surface area (TPSA) is 89.3 Å². The quantitative estimate of drug-likeness (QED) is 0.451. The average Bonchev–Trinajstić information content (AvgIpc) is 2.78. The van der Waals surface area contributed by atoms with E-state index >= 15 is 0 Å². The van der Waals surface area contributed by atoms with Gasteiger partial charge in [0.05, 0.1) is 27.0 Å². The van der Waals surface area contributed by atoms with E-state index < -0.39 is 0 Å². The molecule has 3 rings (SSSR count). The summed E-state index contributed by atoms with van der Waals surface area (Å²) < 4.78 is 15.9. The van der Waals surface area contributed by atoms with E-state index in [2.05, 4.69) is 21.4 Å². The van der Waals surface area contributed by atoms with Crippen molar-refractivity contribution in [2.75, 3.05) is 32.9 Å². The highest BCUT2D eigenvalue weighted by atomic mass is 32.2. The molecule has 0 unspecified atom stereocenters. The maximum atomic E-state index is 9.86. The van der Waals surface area contributed by atoms with Crippen molar-refractivity contribution in [2.24, 2.45) is 0 Å². The van der Waals surface area contributed by atoms with E-state index in [1.165, 1.54) is 11.8 Å². The first-order chi connectivity index (χ1) is 14.1. The zero-order valence-corrected chi connectivity index (χ0v) is 17.3. The molecule has 0 aliphatic carbocycles. The van der Waals surface area contributed by atoms with Crippen molar-refractivity contribution in [2.45, 2.75) is 5.16 Å². The lowest BCUT2D eigenvalue weighted by Crippen LogP contribution is -2.03. The smallest absolute Gasteiger partial charge is 0.189 e. The SMILES string of the molecule is COc1ccc(Nc2nc(SC)nc(-c3ccc(OC)c(OC)c3)c2C#N)cc1. The zero-order valence-electron chi connectivity index (χ0n) is 16.5. The van der Waals surface area contributed by atoms with Crippen LogP contribution in [0, 0.1) is 11.3 Å². The lowest BCUT2D eigenvalue weighted by Gasteiger charge is -2.14. The molecule has 0 saturated heterocycles. The molecule has 1 aromatic heterocycles. The standard InChI is InChI=1S/C21H20N4O3S/c1-26-15-8-6-14(7-9-15)23-20-16(12-22)19(24-21(25-20)29-4)13-5-10-17(27-2)18(11-13)28-3/h5-11H,1-4H3,(H,23,24,25). The molecule has 8 heteroatoms. The van der Waals surface area contributed by atoms with Crippen molar-refractivity contribution in [3.05, 3.63) is 48.0 Å². The summed E-state index contributed by atoms with van der Waals surface area (Å²) in [6.07, 6.45) is 1.89. The van der Waals surface area contributed by atoms with Crippen LogP contribution in [0.25, 0.3) is 11.3 Å². The van der Waals surface area contributed by atoms with Crippen molar-refractivity contribution >= 4 is 23.3 Å². The number of thioether (sulfide) groups is 1. The number of hydrogen-bond donors (Lipinski definition) is 1. The van der Waals surface area contributed by atoms with Crippen LogP contribution in [0.1, 0.15) is 5.56 Å². The fourth-order valence-electron chi connectivity index (χ4n) is 2.73.